The average Bonchev–Trinajstić information content (AvgIpc) is 2.37. The monoisotopic (exact) mass is 346 g/mol. The summed E-state index contributed by atoms with van der Waals surface area (Å²) in [6.07, 6.45) is 2.98. The first-order valence-corrected chi connectivity index (χ1v) is 9.50. The zero-order valence-electron chi connectivity index (χ0n) is 13.1. The minimum absolute atomic E-state index is 0.0444. The van der Waals surface area contributed by atoms with Gasteiger partial charge >= 0.3 is 0 Å². The molecule has 7 heteroatoms. The van der Waals surface area contributed by atoms with Crippen molar-refractivity contribution in [2.24, 2.45) is 0 Å². The molecule has 0 aliphatic heterocycles. The Hall–Kier alpha value is -1.11. The number of hydrogen-bond donors (Lipinski definition) is 2. The van der Waals surface area contributed by atoms with Crippen molar-refractivity contribution in [3.05, 3.63) is 34.9 Å². The molecule has 0 aliphatic carbocycles. The second kappa shape index (κ2) is 8.50. The molecule has 2 N–H and O–H groups in total. The van der Waals surface area contributed by atoms with Crippen molar-refractivity contribution in [2.75, 3.05) is 6.26 Å². The van der Waals surface area contributed by atoms with Gasteiger partial charge in [0, 0.05) is 17.5 Å². The molecule has 1 amide bonds. The van der Waals surface area contributed by atoms with E-state index in [1.165, 1.54) is 0 Å². The molecule has 0 aromatic heterocycles. The van der Waals surface area contributed by atoms with Crippen LogP contribution in [0, 0.1) is 0 Å². The first-order valence-electron chi connectivity index (χ1n) is 7.23. The second-order valence-corrected chi connectivity index (χ2v) is 7.67. The van der Waals surface area contributed by atoms with E-state index in [1.807, 2.05) is 13.8 Å². The van der Waals surface area contributed by atoms with Crippen molar-refractivity contribution in [1.82, 2.24) is 10.0 Å². The van der Waals surface area contributed by atoms with E-state index in [2.05, 4.69) is 10.0 Å². The van der Waals surface area contributed by atoms with Gasteiger partial charge in [-0.3, -0.25) is 4.79 Å². The van der Waals surface area contributed by atoms with Gasteiger partial charge in [-0.2, -0.15) is 0 Å². The third-order valence-corrected chi connectivity index (χ3v) is 4.11. The SMILES string of the molecule is CCCC(C)NC(=O)CC(NS(C)(=O)=O)c1ccc(Cl)cc1. The largest absolute Gasteiger partial charge is 0.354 e. The number of carbonyl (C=O) groups excluding carboxylic acids is 1. The summed E-state index contributed by atoms with van der Waals surface area (Å²) in [4.78, 5) is 12.1. The summed E-state index contributed by atoms with van der Waals surface area (Å²) in [5.74, 6) is -0.183. The van der Waals surface area contributed by atoms with E-state index >= 15 is 0 Å². The van der Waals surface area contributed by atoms with Gasteiger partial charge in [0.05, 0.1) is 12.3 Å². The predicted molar refractivity (Wildman–Crippen MR) is 89.3 cm³/mol. The lowest BCUT2D eigenvalue weighted by Gasteiger charge is -2.19. The Labute approximate surface area is 137 Å². The standard InChI is InChI=1S/C15H23ClN2O3S/c1-4-5-11(2)17-15(19)10-14(18-22(3,20)21)12-6-8-13(16)9-7-12/h6-9,11,14,18H,4-5,10H2,1-3H3,(H,17,19). The molecule has 0 heterocycles. The van der Waals surface area contributed by atoms with Crippen molar-refractivity contribution in [1.29, 1.82) is 0 Å². The van der Waals surface area contributed by atoms with Gasteiger partial charge < -0.3 is 5.32 Å². The van der Waals surface area contributed by atoms with Crippen molar-refractivity contribution < 1.29 is 13.2 Å². The molecule has 1 aromatic carbocycles. The van der Waals surface area contributed by atoms with E-state index < -0.39 is 16.1 Å². The van der Waals surface area contributed by atoms with Crippen molar-refractivity contribution >= 4 is 27.5 Å². The maximum Gasteiger partial charge on any atom is 0.222 e. The van der Waals surface area contributed by atoms with Gasteiger partial charge in [0.1, 0.15) is 0 Å². The van der Waals surface area contributed by atoms with E-state index in [0.717, 1.165) is 19.1 Å². The first kappa shape index (κ1) is 18.9. The molecule has 0 fully saturated rings. The Kier molecular flexibility index (Phi) is 7.32. The van der Waals surface area contributed by atoms with Gasteiger partial charge in [0.25, 0.3) is 0 Å². The van der Waals surface area contributed by atoms with E-state index in [1.54, 1.807) is 24.3 Å². The van der Waals surface area contributed by atoms with Crippen molar-refractivity contribution in [3.63, 3.8) is 0 Å². The summed E-state index contributed by atoms with van der Waals surface area (Å²) in [7, 11) is -3.43. The molecule has 0 spiro atoms. The smallest absolute Gasteiger partial charge is 0.222 e. The number of carbonyl (C=O) groups is 1. The predicted octanol–water partition coefficient (Wildman–Crippen LogP) is 2.63. The number of sulfonamides is 1. The molecule has 0 aliphatic rings. The lowest BCUT2D eigenvalue weighted by Crippen LogP contribution is -2.36. The average molecular weight is 347 g/mol. The lowest BCUT2D eigenvalue weighted by molar-refractivity contribution is -0.122. The summed E-state index contributed by atoms with van der Waals surface area (Å²) in [5, 5.41) is 3.44. The highest BCUT2D eigenvalue weighted by atomic mass is 35.5. The fourth-order valence-corrected chi connectivity index (χ4v) is 3.07. The van der Waals surface area contributed by atoms with E-state index in [9.17, 15) is 13.2 Å². The highest BCUT2D eigenvalue weighted by Gasteiger charge is 2.20. The molecule has 22 heavy (non-hydrogen) atoms. The Balaban J connectivity index is 2.82. The van der Waals surface area contributed by atoms with Crippen LogP contribution in [0.4, 0.5) is 0 Å². The molecule has 1 rings (SSSR count). The lowest BCUT2D eigenvalue weighted by atomic mass is 10.0. The van der Waals surface area contributed by atoms with Crippen LogP contribution in [0.2, 0.25) is 5.02 Å². The van der Waals surface area contributed by atoms with Gasteiger partial charge in [-0.25, -0.2) is 13.1 Å². The van der Waals surface area contributed by atoms with Crippen LogP contribution in [0.25, 0.3) is 0 Å². The Morgan fingerprint density at radius 3 is 2.36 bits per heavy atom. The number of benzene rings is 1. The molecule has 0 saturated heterocycles. The minimum Gasteiger partial charge on any atom is -0.354 e. The van der Waals surface area contributed by atoms with Crippen LogP contribution in [-0.4, -0.2) is 26.6 Å². The van der Waals surface area contributed by atoms with E-state index in [-0.39, 0.29) is 18.4 Å². The highest BCUT2D eigenvalue weighted by molar-refractivity contribution is 7.88. The minimum atomic E-state index is -3.43. The summed E-state index contributed by atoms with van der Waals surface area (Å²) < 4.78 is 25.5. The van der Waals surface area contributed by atoms with Crippen molar-refractivity contribution in [3.8, 4) is 0 Å². The summed E-state index contributed by atoms with van der Waals surface area (Å²) in [6.45, 7) is 3.98. The van der Waals surface area contributed by atoms with Crippen LogP contribution in [0.1, 0.15) is 44.7 Å². The van der Waals surface area contributed by atoms with Crippen LogP contribution in [-0.2, 0) is 14.8 Å². The highest BCUT2D eigenvalue weighted by Crippen LogP contribution is 2.20. The van der Waals surface area contributed by atoms with Gasteiger partial charge in [-0.15, -0.1) is 0 Å². The fourth-order valence-electron chi connectivity index (χ4n) is 2.21. The van der Waals surface area contributed by atoms with Crippen LogP contribution in [0.3, 0.4) is 0 Å². The quantitative estimate of drug-likeness (QED) is 0.759. The molecule has 124 valence electrons. The summed E-state index contributed by atoms with van der Waals surface area (Å²) >= 11 is 5.84. The maximum atomic E-state index is 12.1. The molecule has 5 nitrogen and oxygen atoms in total. The van der Waals surface area contributed by atoms with Gasteiger partial charge in [0.2, 0.25) is 15.9 Å². The van der Waals surface area contributed by atoms with Crippen LogP contribution >= 0.6 is 11.6 Å². The third kappa shape index (κ3) is 7.24. The number of rotatable bonds is 8. The van der Waals surface area contributed by atoms with Crippen LogP contribution in [0.5, 0.6) is 0 Å². The fraction of sp³-hybridized carbons (Fsp3) is 0.533. The normalized spacial score (nSPS) is 14.4. The Morgan fingerprint density at radius 2 is 1.86 bits per heavy atom. The third-order valence-electron chi connectivity index (χ3n) is 3.15. The molecule has 2 unspecified atom stereocenters. The van der Waals surface area contributed by atoms with E-state index in [4.69, 9.17) is 11.6 Å². The van der Waals surface area contributed by atoms with Gasteiger partial charge in [0.15, 0.2) is 0 Å². The molecular formula is C15H23ClN2O3S. The topological polar surface area (TPSA) is 75.3 Å². The number of hydrogen-bond acceptors (Lipinski definition) is 3. The first-order chi connectivity index (χ1) is 10.2. The molecule has 1 aromatic rings. The molecule has 2 atom stereocenters. The number of nitrogens with one attached hydrogen (secondary N) is 2. The van der Waals surface area contributed by atoms with Crippen LogP contribution < -0.4 is 10.0 Å². The molecule has 0 bridgehead atoms. The van der Waals surface area contributed by atoms with Crippen LogP contribution in [0.15, 0.2) is 24.3 Å². The zero-order chi connectivity index (χ0) is 16.8. The molecule has 0 saturated carbocycles. The zero-order valence-corrected chi connectivity index (χ0v) is 14.7. The number of halogens is 1. The van der Waals surface area contributed by atoms with Gasteiger partial charge in [-0.1, -0.05) is 37.1 Å². The molecular weight excluding hydrogens is 324 g/mol. The van der Waals surface area contributed by atoms with Gasteiger partial charge in [-0.05, 0) is 31.0 Å². The van der Waals surface area contributed by atoms with E-state index in [0.29, 0.717) is 10.6 Å². The second-order valence-electron chi connectivity index (χ2n) is 5.46. The Bertz CT molecular complexity index is 587. The summed E-state index contributed by atoms with van der Waals surface area (Å²) in [6, 6.07) is 6.24. The van der Waals surface area contributed by atoms with Crippen molar-refractivity contribution in [2.45, 2.75) is 45.2 Å². The summed E-state index contributed by atoms with van der Waals surface area (Å²) in [5.41, 5.74) is 0.702. The number of amides is 1. The Morgan fingerprint density at radius 1 is 1.27 bits per heavy atom. The molecule has 0 radical (unpaired) electrons. The maximum absolute atomic E-state index is 12.1.